The number of carbonyl (C=O) groups is 1. The van der Waals surface area contributed by atoms with Gasteiger partial charge < -0.3 is 15.8 Å². The van der Waals surface area contributed by atoms with Crippen LogP contribution in [0.1, 0.15) is 38.8 Å². The summed E-state index contributed by atoms with van der Waals surface area (Å²) < 4.78 is 6.05. The molecule has 0 saturated heterocycles. The van der Waals surface area contributed by atoms with Crippen molar-refractivity contribution in [3.05, 3.63) is 28.2 Å². The molecular weight excluding hydrogens is 356 g/mol. The zero-order valence-corrected chi connectivity index (χ0v) is 15.3. The van der Waals surface area contributed by atoms with Gasteiger partial charge in [0.25, 0.3) is 0 Å². The highest BCUT2D eigenvalue weighted by Crippen LogP contribution is 2.28. The summed E-state index contributed by atoms with van der Waals surface area (Å²) in [4.78, 5) is 12.0. The van der Waals surface area contributed by atoms with Crippen LogP contribution in [0.5, 0.6) is 5.75 Å². The monoisotopic (exact) mass is 378 g/mol. The molecule has 1 rings (SSSR count). The molecule has 3 N–H and O–H groups in total. The first-order chi connectivity index (χ1) is 9.35. The number of methoxy groups -OCH3 is 1. The molecule has 1 amide bonds. The lowest BCUT2D eigenvalue weighted by atomic mass is 10.0. The van der Waals surface area contributed by atoms with Crippen LogP contribution in [0, 0.1) is 5.92 Å². The number of nitrogens with two attached hydrogens (primary N) is 1. The van der Waals surface area contributed by atoms with Crippen LogP contribution in [0.4, 0.5) is 0 Å². The highest BCUT2D eigenvalue weighted by atomic mass is 79.9. The van der Waals surface area contributed by atoms with E-state index in [0.717, 1.165) is 15.8 Å². The first-order valence-electron chi connectivity index (χ1n) is 6.74. The van der Waals surface area contributed by atoms with Gasteiger partial charge in [-0.3, -0.25) is 4.79 Å². The van der Waals surface area contributed by atoms with E-state index >= 15 is 0 Å². The van der Waals surface area contributed by atoms with Gasteiger partial charge >= 0.3 is 0 Å². The Morgan fingerprint density at radius 2 is 2.00 bits per heavy atom. The molecular formula is C15H24BrClN2O2. The lowest BCUT2D eigenvalue weighted by Crippen LogP contribution is -2.42. The molecule has 2 atom stereocenters. The summed E-state index contributed by atoms with van der Waals surface area (Å²) in [7, 11) is 1.62. The predicted molar refractivity (Wildman–Crippen MR) is 91.9 cm³/mol. The van der Waals surface area contributed by atoms with Crippen LogP contribution in [0.3, 0.4) is 0 Å². The Morgan fingerprint density at radius 1 is 1.38 bits per heavy atom. The lowest BCUT2D eigenvalue weighted by molar-refractivity contribution is -0.123. The van der Waals surface area contributed by atoms with Crippen LogP contribution < -0.4 is 15.8 Å². The van der Waals surface area contributed by atoms with Crippen molar-refractivity contribution >= 4 is 34.2 Å². The molecule has 0 saturated carbocycles. The van der Waals surface area contributed by atoms with E-state index < -0.39 is 6.04 Å². The molecule has 0 fully saturated rings. The summed E-state index contributed by atoms with van der Waals surface area (Å²) in [6.07, 6.45) is 0.685. The van der Waals surface area contributed by atoms with E-state index in [0.29, 0.717) is 12.3 Å². The number of rotatable bonds is 6. The molecule has 0 aromatic heterocycles. The number of nitrogens with one attached hydrogen (secondary N) is 1. The molecule has 0 radical (unpaired) electrons. The van der Waals surface area contributed by atoms with E-state index in [9.17, 15) is 4.79 Å². The van der Waals surface area contributed by atoms with Crippen molar-refractivity contribution in [1.82, 2.24) is 5.32 Å². The Labute approximate surface area is 141 Å². The third kappa shape index (κ3) is 6.24. The second kappa shape index (κ2) is 9.28. The van der Waals surface area contributed by atoms with Gasteiger partial charge in [0.2, 0.25) is 5.91 Å². The van der Waals surface area contributed by atoms with E-state index in [-0.39, 0.29) is 24.4 Å². The molecule has 1 aromatic carbocycles. The van der Waals surface area contributed by atoms with Gasteiger partial charge in [-0.05, 0) is 52.9 Å². The average Bonchev–Trinajstić information content (AvgIpc) is 2.37. The highest BCUT2D eigenvalue weighted by Gasteiger charge is 2.18. The van der Waals surface area contributed by atoms with Crippen molar-refractivity contribution in [3.8, 4) is 5.75 Å². The third-order valence-electron chi connectivity index (χ3n) is 3.10. The number of carbonyl (C=O) groups excluding carboxylic acids is 1. The van der Waals surface area contributed by atoms with E-state index in [4.69, 9.17) is 10.5 Å². The van der Waals surface area contributed by atoms with Gasteiger partial charge in [0.15, 0.2) is 0 Å². The van der Waals surface area contributed by atoms with E-state index in [1.807, 2.05) is 25.1 Å². The van der Waals surface area contributed by atoms with Crippen molar-refractivity contribution < 1.29 is 9.53 Å². The van der Waals surface area contributed by atoms with Gasteiger partial charge in [-0.1, -0.05) is 19.9 Å². The maximum Gasteiger partial charge on any atom is 0.237 e. The minimum absolute atomic E-state index is 0. The standard InChI is InChI=1S/C15H23BrN2O2.ClH/c1-9(2)7-13(17)15(19)18-10(3)11-5-6-14(20-4)12(16)8-11;/h5-6,8-10,13H,7,17H2,1-4H3,(H,18,19);1H/t10?,13-;/m0./s1. The molecule has 6 heteroatoms. The van der Waals surface area contributed by atoms with Crippen molar-refractivity contribution in [2.45, 2.75) is 39.3 Å². The van der Waals surface area contributed by atoms with E-state index in [1.54, 1.807) is 7.11 Å². The predicted octanol–water partition coefficient (Wildman–Crippen LogP) is 3.43. The third-order valence-corrected chi connectivity index (χ3v) is 3.72. The SMILES string of the molecule is COc1ccc(C(C)NC(=O)[C@@H](N)CC(C)C)cc1Br.Cl. The summed E-state index contributed by atoms with van der Waals surface area (Å²) in [5.41, 5.74) is 6.88. The lowest BCUT2D eigenvalue weighted by Gasteiger charge is -2.19. The fourth-order valence-corrected chi connectivity index (χ4v) is 2.53. The molecule has 0 heterocycles. The number of ether oxygens (including phenoxy) is 1. The quantitative estimate of drug-likeness (QED) is 0.796. The molecule has 0 spiro atoms. The molecule has 21 heavy (non-hydrogen) atoms. The molecule has 0 aliphatic rings. The second-order valence-electron chi connectivity index (χ2n) is 5.36. The van der Waals surface area contributed by atoms with Gasteiger partial charge in [-0.2, -0.15) is 0 Å². The molecule has 0 aliphatic heterocycles. The van der Waals surface area contributed by atoms with Crippen molar-refractivity contribution in [1.29, 1.82) is 0 Å². The number of amides is 1. The molecule has 4 nitrogen and oxygen atoms in total. The molecule has 0 bridgehead atoms. The number of halogens is 2. The molecule has 1 unspecified atom stereocenters. The average molecular weight is 380 g/mol. The largest absolute Gasteiger partial charge is 0.496 e. The number of benzene rings is 1. The van der Waals surface area contributed by atoms with Crippen LogP contribution in [-0.2, 0) is 4.79 Å². The summed E-state index contributed by atoms with van der Waals surface area (Å²) >= 11 is 3.44. The normalized spacial score (nSPS) is 13.3. The van der Waals surface area contributed by atoms with Gasteiger partial charge in [0, 0.05) is 0 Å². The topological polar surface area (TPSA) is 64.3 Å². The maximum atomic E-state index is 12.0. The van der Waals surface area contributed by atoms with Crippen LogP contribution in [0.2, 0.25) is 0 Å². The van der Waals surface area contributed by atoms with Gasteiger partial charge in [-0.15, -0.1) is 12.4 Å². The maximum absolute atomic E-state index is 12.0. The molecule has 1 aromatic rings. The van der Waals surface area contributed by atoms with E-state index in [1.165, 1.54) is 0 Å². The molecule has 0 aliphatic carbocycles. The van der Waals surface area contributed by atoms with Crippen molar-refractivity contribution in [3.63, 3.8) is 0 Å². The minimum Gasteiger partial charge on any atom is -0.496 e. The second-order valence-corrected chi connectivity index (χ2v) is 6.21. The summed E-state index contributed by atoms with van der Waals surface area (Å²) in [5, 5.41) is 2.94. The Hall–Kier alpha value is -0.780. The Kier molecular flexibility index (Phi) is 8.94. The minimum atomic E-state index is -0.459. The fourth-order valence-electron chi connectivity index (χ4n) is 1.97. The van der Waals surface area contributed by atoms with Gasteiger partial charge in [-0.25, -0.2) is 0 Å². The summed E-state index contributed by atoms with van der Waals surface area (Å²) in [6, 6.07) is 5.19. The van der Waals surface area contributed by atoms with Crippen molar-refractivity contribution in [2.24, 2.45) is 11.7 Å². The van der Waals surface area contributed by atoms with Gasteiger partial charge in [0.1, 0.15) is 5.75 Å². The Balaban J connectivity index is 0.00000400. The molecule has 120 valence electrons. The zero-order chi connectivity index (χ0) is 15.3. The van der Waals surface area contributed by atoms with Crippen LogP contribution in [-0.4, -0.2) is 19.1 Å². The zero-order valence-electron chi connectivity index (χ0n) is 12.9. The smallest absolute Gasteiger partial charge is 0.237 e. The Bertz CT molecular complexity index is 469. The van der Waals surface area contributed by atoms with Gasteiger partial charge in [0.05, 0.1) is 23.7 Å². The fraction of sp³-hybridized carbons (Fsp3) is 0.533. The summed E-state index contributed by atoms with van der Waals surface area (Å²) in [5.74, 6) is 1.06. The van der Waals surface area contributed by atoms with Crippen LogP contribution in [0.25, 0.3) is 0 Å². The van der Waals surface area contributed by atoms with Crippen LogP contribution >= 0.6 is 28.3 Å². The number of hydrogen-bond acceptors (Lipinski definition) is 3. The Morgan fingerprint density at radius 3 is 2.48 bits per heavy atom. The highest BCUT2D eigenvalue weighted by molar-refractivity contribution is 9.10. The van der Waals surface area contributed by atoms with Crippen molar-refractivity contribution in [2.75, 3.05) is 7.11 Å². The van der Waals surface area contributed by atoms with Crippen LogP contribution in [0.15, 0.2) is 22.7 Å². The number of hydrogen-bond donors (Lipinski definition) is 2. The summed E-state index contributed by atoms with van der Waals surface area (Å²) in [6.45, 7) is 6.04. The first-order valence-corrected chi connectivity index (χ1v) is 7.53. The first kappa shape index (κ1) is 20.2. The van der Waals surface area contributed by atoms with E-state index in [2.05, 4.69) is 35.1 Å².